The van der Waals surface area contributed by atoms with Gasteiger partial charge in [-0.2, -0.15) is 5.26 Å². The van der Waals surface area contributed by atoms with Crippen molar-refractivity contribution in [2.75, 3.05) is 31.6 Å². The molecule has 238 valence electrons. The molecule has 0 spiro atoms. The van der Waals surface area contributed by atoms with Crippen molar-refractivity contribution in [1.82, 2.24) is 29.0 Å². The Morgan fingerprint density at radius 1 is 1.04 bits per heavy atom. The van der Waals surface area contributed by atoms with Crippen LogP contribution < -0.4 is 15.4 Å². The fourth-order valence-corrected chi connectivity index (χ4v) is 8.26. The van der Waals surface area contributed by atoms with Crippen LogP contribution in [0.3, 0.4) is 0 Å². The lowest BCUT2D eigenvalue weighted by atomic mass is 9.98. The smallest absolute Gasteiger partial charge is 0.254 e. The first-order chi connectivity index (χ1) is 23.0. The summed E-state index contributed by atoms with van der Waals surface area (Å²) in [7, 11) is 1.67. The van der Waals surface area contributed by atoms with E-state index in [1.54, 1.807) is 13.3 Å². The van der Waals surface area contributed by atoms with E-state index < -0.39 is 0 Å². The number of para-hydroxylation sites is 1. The minimum absolute atomic E-state index is 0.000177. The molecular weight excluding hydrogens is 590 g/mol. The van der Waals surface area contributed by atoms with Crippen molar-refractivity contribution in [2.24, 2.45) is 23.5 Å². The van der Waals surface area contributed by atoms with E-state index in [0.29, 0.717) is 47.9 Å². The molecule has 2 aromatic carbocycles. The molecule has 0 radical (unpaired) electrons. The Hall–Kier alpha value is -4.95. The monoisotopic (exact) mass is 627 g/mol. The summed E-state index contributed by atoms with van der Waals surface area (Å²) in [5.41, 5.74) is 12.1. The minimum Gasteiger partial charge on any atom is -0.494 e. The van der Waals surface area contributed by atoms with Crippen LogP contribution in [0.5, 0.6) is 5.75 Å². The van der Waals surface area contributed by atoms with Crippen LogP contribution in [0.2, 0.25) is 0 Å². The zero-order valence-electron chi connectivity index (χ0n) is 26.4. The summed E-state index contributed by atoms with van der Waals surface area (Å²) in [5.74, 6) is 2.86. The van der Waals surface area contributed by atoms with Crippen molar-refractivity contribution in [1.29, 1.82) is 5.26 Å². The second-order valence-corrected chi connectivity index (χ2v) is 13.8. The highest BCUT2D eigenvalue weighted by molar-refractivity contribution is 6.00. The van der Waals surface area contributed by atoms with Crippen LogP contribution in [0.1, 0.15) is 41.7 Å². The molecule has 2 saturated carbocycles. The van der Waals surface area contributed by atoms with Gasteiger partial charge in [-0.3, -0.25) is 4.79 Å². The van der Waals surface area contributed by atoms with E-state index in [1.165, 1.54) is 30.1 Å². The van der Waals surface area contributed by atoms with E-state index >= 15 is 0 Å². The molecule has 5 aromatic rings. The molecule has 11 nitrogen and oxygen atoms in total. The van der Waals surface area contributed by atoms with Crippen molar-refractivity contribution < 1.29 is 9.53 Å². The largest absolute Gasteiger partial charge is 0.494 e. The number of benzene rings is 2. The Labute approximate surface area is 272 Å². The summed E-state index contributed by atoms with van der Waals surface area (Å²) in [6.45, 7) is 3.90. The maximum Gasteiger partial charge on any atom is 0.254 e. The van der Waals surface area contributed by atoms with Crippen LogP contribution in [-0.2, 0) is 13.1 Å². The summed E-state index contributed by atoms with van der Waals surface area (Å²) in [6.07, 6.45) is 7.68. The molecule has 9 rings (SSSR count). The molecule has 47 heavy (non-hydrogen) atoms. The van der Waals surface area contributed by atoms with E-state index in [1.807, 2.05) is 17.0 Å². The second kappa shape index (κ2) is 10.8. The third kappa shape index (κ3) is 4.57. The quantitative estimate of drug-likeness (QED) is 0.267. The number of nitrogens with two attached hydrogens (primary N) is 1. The van der Waals surface area contributed by atoms with Gasteiger partial charge < -0.3 is 29.4 Å². The fourth-order valence-electron chi connectivity index (χ4n) is 8.26. The Kier molecular flexibility index (Phi) is 6.51. The molecule has 1 amide bonds. The minimum atomic E-state index is -0.000177. The van der Waals surface area contributed by atoms with Crippen LogP contribution in [0, 0.1) is 29.1 Å². The first-order valence-electron chi connectivity index (χ1n) is 16.7. The average molecular weight is 628 g/mol. The normalized spacial score (nSPS) is 22.3. The first kappa shape index (κ1) is 28.3. The lowest BCUT2D eigenvalue weighted by molar-refractivity contribution is 0.0700. The fraction of sp³-hybridized carbons (Fsp3) is 0.417. The summed E-state index contributed by atoms with van der Waals surface area (Å²) < 4.78 is 10.8. The van der Waals surface area contributed by atoms with Gasteiger partial charge in [0.25, 0.3) is 5.91 Å². The van der Waals surface area contributed by atoms with Crippen molar-refractivity contribution in [2.45, 2.75) is 50.9 Å². The van der Waals surface area contributed by atoms with E-state index in [9.17, 15) is 10.1 Å². The number of fused-ring (bicyclic) bond motifs is 4. The van der Waals surface area contributed by atoms with E-state index in [0.717, 1.165) is 60.7 Å². The Balaban J connectivity index is 1.14. The standard InChI is InChI=1S/C36H37N9O2/c1-47-32-12-25(36(46)44-19-24-8-9-29(44)33(24)38)10-26-34(32)45(18-22-15-42(16-22)31-14-39-20-40-27(31)13-37)35(41-26)30-11-23-4-2-3-5-28(23)43(30)17-21-6-7-21/h2-5,10-12,14,20-22,24,29,33H,6-9,15-19,38H2,1H3/t24?,29?,33-/m1/s1. The lowest BCUT2D eigenvalue weighted by Gasteiger charge is -2.41. The SMILES string of the molecule is COc1cc(C(=O)N2CC3CCC2[C@@H]3N)cc2nc(-c3cc4ccccc4n3CC3CC3)n(CC3CN(c4cncnc4C#N)C3)c12. The third-order valence-electron chi connectivity index (χ3n) is 10.9. The molecule has 3 atom stereocenters. The number of amides is 1. The van der Waals surface area contributed by atoms with Crippen molar-refractivity contribution in [3.05, 3.63) is 66.2 Å². The third-order valence-corrected chi connectivity index (χ3v) is 10.9. The molecule has 2 unspecified atom stereocenters. The molecule has 2 aliphatic heterocycles. The van der Waals surface area contributed by atoms with Crippen molar-refractivity contribution in [3.63, 3.8) is 0 Å². The number of nitrogens with zero attached hydrogens (tertiary/aromatic N) is 8. The molecule has 2 N–H and O–H groups in total. The van der Waals surface area contributed by atoms with Gasteiger partial charge in [-0.15, -0.1) is 0 Å². The molecule has 3 aromatic heterocycles. The molecule has 4 fully saturated rings. The number of nitriles is 1. The number of rotatable bonds is 8. The Bertz CT molecular complexity index is 2080. The zero-order valence-corrected chi connectivity index (χ0v) is 26.4. The van der Waals surface area contributed by atoms with Crippen molar-refractivity contribution >= 4 is 33.5 Å². The lowest BCUT2D eigenvalue weighted by Crippen LogP contribution is -2.49. The van der Waals surface area contributed by atoms with Gasteiger partial charge in [0.05, 0.1) is 30.2 Å². The summed E-state index contributed by atoms with van der Waals surface area (Å²) in [6, 6.07) is 17.0. The van der Waals surface area contributed by atoms with Crippen molar-refractivity contribution in [3.8, 4) is 23.3 Å². The summed E-state index contributed by atoms with van der Waals surface area (Å²) in [4.78, 5) is 31.7. The number of anilines is 1. The van der Waals surface area contributed by atoms with Crippen LogP contribution in [-0.4, -0.2) is 73.7 Å². The number of piperidine rings is 1. The molecule has 2 bridgehead atoms. The maximum absolute atomic E-state index is 13.9. The summed E-state index contributed by atoms with van der Waals surface area (Å²) in [5, 5.41) is 10.8. The molecule has 4 aliphatic rings. The number of carbonyl (C=O) groups is 1. The topological polar surface area (TPSA) is 131 Å². The highest BCUT2D eigenvalue weighted by Crippen LogP contribution is 2.41. The number of methoxy groups -OCH3 is 1. The molecule has 5 heterocycles. The maximum atomic E-state index is 13.9. The van der Waals surface area contributed by atoms with Gasteiger partial charge in [0.1, 0.15) is 23.7 Å². The zero-order chi connectivity index (χ0) is 31.8. The van der Waals surface area contributed by atoms with E-state index in [-0.39, 0.29) is 18.0 Å². The molecule has 11 heteroatoms. The van der Waals surface area contributed by atoms with Gasteiger partial charge in [0.2, 0.25) is 0 Å². The number of hydrogen-bond acceptors (Lipinski definition) is 8. The van der Waals surface area contributed by atoms with Gasteiger partial charge in [0.15, 0.2) is 11.5 Å². The predicted octanol–water partition coefficient (Wildman–Crippen LogP) is 4.44. The first-order valence-corrected chi connectivity index (χ1v) is 16.7. The van der Waals surface area contributed by atoms with E-state index in [2.05, 4.69) is 60.4 Å². The van der Waals surface area contributed by atoms with E-state index in [4.69, 9.17) is 15.5 Å². The van der Waals surface area contributed by atoms with Gasteiger partial charge in [-0.05, 0) is 61.8 Å². The van der Waals surface area contributed by atoms with Crippen LogP contribution in [0.4, 0.5) is 5.69 Å². The van der Waals surface area contributed by atoms with Crippen LogP contribution >= 0.6 is 0 Å². The second-order valence-electron chi connectivity index (χ2n) is 13.8. The Morgan fingerprint density at radius 3 is 2.62 bits per heavy atom. The number of hydrogen-bond donors (Lipinski definition) is 1. The molecule has 2 saturated heterocycles. The number of aromatic nitrogens is 5. The van der Waals surface area contributed by atoms with Gasteiger partial charge in [-0.25, -0.2) is 15.0 Å². The number of carbonyl (C=O) groups excluding carboxylic acids is 1. The molecule has 2 aliphatic carbocycles. The molecular formula is C36H37N9O2. The predicted molar refractivity (Wildman–Crippen MR) is 178 cm³/mol. The highest BCUT2D eigenvalue weighted by Gasteiger charge is 2.47. The van der Waals surface area contributed by atoms with Gasteiger partial charge in [-0.1, -0.05) is 18.2 Å². The highest BCUT2D eigenvalue weighted by atomic mass is 16.5. The van der Waals surface area contributed by atoms with Crippen LogP contribution in [0.15, 0.2) is 55.0 Å². The van der Waals surface area contributed by atoms with Gasteiger partial charge >= 0.3 is 0 Å². The number of ether oxygens (including phenoxy) is 1. The number of imidazole rings is 1. The van der Waals surface area contributed by atoms with Gasteiger partial charge in [0, 0.05) is 67.2 Å². The number of likely N-dealkylation sites (tertiary alicyclic amines) is 1. The average Bonchev–Trinajstić information content (AvgIpc) is 3.44. The summed E-state index contributed by atoms with van der Waals surface area (Å²) >= 11 is 0. The Morgan fingerprint density at radius 2 is 1.87 bits per heavy atom. The van der Waals surface area contributed by atoms with Crippen LogP contribution in [0.25, 0.3) is 33.5 Å².